The molecule has 0 aliphatic heterocycles. The second-order valence-corrected chi connectivity index (χ2v) is 8.96. The summed E-state index contributed by atoms with van der Waals surface area (Å²) in [5, 5.41) is 6.15. The maximum atomic E-state index is 13.1. The molecule has 3 amide bonds. The molecule has 3 rings (SSSR count). The first kappa shape index (κ1) is 21.6. The summed E-state index contributed by atoms with van der Waals surface area (Å²) >= 11 is 2.74. The van der Waals surface area contributed by atoms with E-state index in [0.29, 0.717) is 18.2 Å². The van der Waals surface area contributed by atoms with Crippen LogP contribution >= 0.6 is 23.1 Å². The maximum absolute atomic E-state index is 13.1. The van der Waals surface area contributed by atoms with Gasteiger partial charge in [0, 0.05) is 18.0 Å². The molecule has 7 nitrogen and oxygen atoms in total. The van der Waals surface area contributed by atoms with E-state index in [1.165, 1.54) is 4.88 Å². The Hall–Kier alpha value is -2.13. The molecule has 0 atom stereocenters. The number of carbonyl (C=O) groups excluding carboxylic acids is 2. The number of urea groups is 1. The van der Waals surface area contributed by atoms with Crippen molar-refractivity contribution >= 4 is 45.3 Å². The molecule has 0 fully saturated rings. The number of nitrogens with zero attached hydrogens (tertiary/aromatic N) is 2. The number of thioether (sulfide) groups is 1. The molecule has 9 heteroatoms. The number of carbonyl (C=O) groups is 2. The summed E-state index contributed by atoms with van der Waals surface area (Å²) in [6.07, 6.45) is 7.63. The minimum Gasteiger partial charge on any atom is -0.338 e. The third-order valence-corrected chi connectivity index (χ3v) is 6.91. The number of imide groups is 1. The second-order valence-electron chi connectivity index (χ2n) is 6.94. The molecule has 156 valence electrons. The van der Waals surface area contributed by atoms with Crippen molar-refractivity contribution in [3.63, 3.8) is 0 Å². The zero-order valence-corrected chi connectivity index (χ0v) is 18.2. The van der Waals surface area contributed by atoms with E-state index in [-0.39, 0.29) is 11.3 Å². The molecule has 0 aromatic carbocycles. The number of unbranched alkanes of at least 4 members (excludes halogenated alkanes) is 1. The molecule has 1 aliphatic rings. The van der Waals surface area contributed by atoms with E-state index < -0.39 is 11.9 Å². The second kappa shape index (κ2) is 10.1. The van der Waals surface area contributed by atoms with Gasteiger partial charge in [0.2, 0.25) is 5.91 Å². The van der Waals surface area contributed by atoms with Crippen molar-refractivity contribution in [1.82, 2.24) is 20.2 Å². The molecular formula is C20H26N4O3S2. The van der Waals surface area contributed by atoms with Crippen molar-refractivity contribution in [1.29, 1.82) is 0 Å². The summed E-state index contributed by atoms with van der Waals surface area (Å²) < 4.78 is 1.57. The fourth-order valence-corrected chi connectivity index (χ4v) is 5.45. The molecule has 29 heavy (non-hydrogen) atoms. The smallest absolute Gasteiger partial charge is 0.321 e. The quantitative estimate of drug-likeness (QED) is 0.288. The highest BCUT2D eigenvalue weighted by atomic mass is 32.2. The molecule has 0 bridgehead atoms. The standard InChI is InChI=1S/C20H26N4O3S2/c1-3-5-10-21-19(27)22-15(25)12-28-20-23-17-16(18(26)24(20)11-4-2)13-8-6-7-9-14(13)29-17/h4H,2-3,5-12H2,1H3,(H2,21,22,25,27). The van der Waals surface area contributed by atoms with Crippen molar-refractivity contribution in [2.24, 2.45) is 0 Å². The van der Waals surface area contributed by atoms with Gasteiger partial charge in [0.1, 0.15) is 4.83 Å². The highest BCUT2D eigenvalue weighted by molar-refractivity contribution is 7.99. The number of rotatable bonds is 8. The first-order valence-corrected chi connectivity index (χ1v) is 11.7. The summed E-state index contributed by atoms with van der Waals surface area (Å²) in [6.45, 7) is 6.62. The van der Waals surface area contributed by atoms with Crippen LogP contribution in [0.15, 0.2) is 22.6 Å². The zero-order chi connectivity index (χ0) is 20.8. The number of amides is 3. The SMILES string of the molecule is C=CCn1c(SCC(=O)NC(=O)NCCCC)nc2sc3c(c2c1=O)CCCC3. The summed E-state index contributed by atoms with van der Waals surface area (Å²) in [7, 11) is 0. The van der Waals surface area contributed by atoms with Crippen LogP contribution in [0.4, 0.5) is 4.79 Å². The molecule has 2 aromatic rings. The number of hydrogen-bond donors (Lipinski definition) is 2. The number of allylic oxidation sites excluding steroid dienone is 1. The lowest BCUT2D eigenvalue weighted by Gasteiger charge is -2.12. The van der Waals surface area contributed by atoms with Crippen LogP contribution in [0, 0.1) is 0 Å². The van der Waals surface area contributed by atoms with Crippen molar-refractivity contribution in [2.75, 3.05) is 12.3 Å². The van der Waals surface area contributed by atoms with Crippen LogP contribution in [0.1, 0.15) is 43.0 Å². The van der Waals surface area contributed by atoms with Gasteiger partial charge in [0.25, 0.3) is 5.56 Å². The first-order chi connectivity index (χ1) is 14.0. The maximum Gasteiger partial charge on any atom is 0.321 e. The van der Waals surface area contributed by atoms with Crippen LogP contribution in [-0.4, -0.2) is 33.8 Å². The molecule has 0 spiro atoms. The molecule has 2 heterocycles. The lowest BCUT2D eigenvalue weighted by Crippen LogP contribution is -2.40. The van der Waals surface area contributed by atoms with E-state index in [2.05, 4.69) is 22.2 Å². The first-order valence-electron chi connectivity index (χ1n) is 9.91. The highest BCUT2D eigenvalue weighted by Crippen LogP contribution is 2.34. The van der Waals surface area contributed by atoms with Crippen LogP contribution in [0.5, 0.6) is 0 Å². The Labute approximate surface area is 178 Å². The van der Waals surface area contributed by atoms with Crippen molar-refractivity contribution in [3.05, 3.63) is 33.4 Å². The minimum absolute atomic E-state index is 0.00137. The summed E-state index contributed by atoms with van der Waals surface area (Å²) in [6, 6.07) is -0.498. The van der Waals surface area contributed by atoms with Crippen molar-refractivity contribution in [3.8, 4) is 0 Å². The Morgan fingerprint density at radius 3 is 2.90 bits per heavy atom. The summed E-state index contributed by atoms with van der Waals surface area (Å²) in [5.74, 6) is -0.421. The average molecular weight is 435 g/mol. The molecule has 2 N–H and O–H groups in total. The Bertz CT molecular complexity index is 980. The molecule has 0 saturated carbocycles. The van der Waals surface area contributed by atoms with Crippen LogP contribution < -0.4 is 16.2 Å². The number of nitrogens with one attached hydrogen (secondary N) is 2. The largest absolute Gasteiger partial charge is 0.338 e. The van der Waals surface area contributed by atoms with E-state index in [4.69, 9.17) is 0 Å². The van der Waals surface area contributed by atoms with Crippen LogP contribution in [0.25, 0.3) is 10.2 Å². The van der Waals surface area contributed by atoms with E-state index in [1.54, 1.807) is 22.0 Å². The highest BCUT2D eigenvalue weighted by Gasteiger charge is 2.22. The summed E-state index contributed by atoms with van der Waals surface area (Å²) in [4.78, 5) is 43.7. The predicted molar refractivity (Wildman–Crippen MR) is 118 cm³/mol. The van der Waals surface area contributed by atoms with Gasteiger partial charge in [-0.1, -0.05) is 31.2 Å². The number of fused-ring (bicyclic) bond motifs is 3. The minimum atomic E-state index is -0.498. The number of aryl methyl sites for hydroxylation is 2. The Balaban J connectivity index is 1.77. The average Bonchev–Trinajstić information content (AvgIpc) is 3.07. The fourth-order valence-electron chi connectivity index (χ4n) is 3.34. The van der Waals surface area contributed by atoms with E-state index in [9.17, 15) is 14.4 Å². The Morgan fingerprint density at radius 1 is 1.34 bits per heavy atom. The molecule has 0 saturated heterocycles. The van der Waals surface area contributed by atoms with Gasteiger partial charge in [-0.25, -0.2) is 9.78 Å². The van der Waals surface area contributed by atoms with Crippen LogP contribution in [0.3, 0.4) is 0 Å². The van der Waals surface area contributed by atoms with Crippen LogP contribution in [0.2, 0.25) is 0 Å². The molecular weight excluding hydrogens is 408 g/mol. The lowest BCUT2D eigenvalue weighted by atomic mass is 9.97. The lowest BCUT2D eigenvalue weighted by molar-refractivity contribution is -0.117. The van der Waals surface area contributed by atoms with Gasteiger partial charge < -0.3 is 5.32 Å². The van der Waals surface area contributed by atoms with Crippen molar-refractivity contribution < 1.29 is 9.59 Å². The fraction of sp³-hybridized carbons (Fsp3) is 0.500. The predicted octanol–water partition coefficient (Wildman–Crippen LogP) is 3.24. The third kappa shape index (κ3) is 5.08. The normalized spacial score (nSPS) is 13.1. The van der Waals surface area contributed by atoms with Gasteiger partial charge in [-0.2, -0.15) is 0 Å². The van der Waals surface area contributed by atoms with E-state index >= 15 is 0 Å². The summed E-state index contributed by atoms with van der Waals surface area (Å²) in [5.41, 5.74) is 1.07. The molecule has 0 radical (unpaired) electrons. The molecule has 0 unspecified atom stereocenters. The van der Waals surface area contributed by atoms with Gasteiger partial charge in [-0.15, -0.1) is 17.9 Å². The van der Waals surface area contributed by atoms with Crippen molar-refractivity contribution in [2.45, 2.75) is 57.1 Å². The topological polar surface area (TPSA) is 93.1 Å². The van der Waals surface area contributed by atoms with Crippen LogP contribution in [-0.2, 0) is 24.2 Å². The van der Waals surface area contributed by atoms with Gasteiger partial charge in [0.15, 0.2) is 5.16 Å². The number of hydrogen-bond acceptors (Lipinski definition) is 6. The number of aromatic nitrogens is 2. The Kier molecular flexibility index (Phi) is 7.49. The van der Waals surface area contributed by atoms with Gasteiger partial charge >= 0.3 is 6.03 Å². The monoisotopic (exact) mass is 434 g/mol. The Morgan fingerprint density at radius 2 is 2.14 bits per heavy atom. The van der Waals surface area contributed by atoms with Gasteiger partial charge in [-0.05, 0) is 37.7 Å². The third-order valence-electron chi connectivity index (χ3n) is 4.75. The van der Waals surface area contributed by atoms with Gasteiger partial charge in [-0.3, -0.25) is 19.5 Å². The van der Waals surface area contributed by atoms with Gasteiger partial charge in [0.05, 0.1) is 11.1 Å². The molecule has 1 aliphatic carbocycles. The van der Waals surface area contributed by atoms with E-state index in [1.807, 2.05) is 6.92 Å². The number of thiophene rings is 1. The molecule has 2 aromatic heterocycles. The zero-order valence-electron chi connectivity index (χ0n) is 16.6. The van der Waals surface area contributed by atoms with E-state index in [0.717, 1.165) is 66.1 Å².